The third-order valence-electron chi connectivity index (χ3n) is 3.44. The molecular weight excluding hydrogens is 294 g/mol. The Labute approximate surface area is 116 Å². The van der Waals surface area contributed by atoms with Crippen LogP contribution in [0.5, 0.6) is 0 Å². The van der Waals surface area contributed by atoms with E-state index in [0.717, 1.165) is 16.8 Å². The van der Waals surface area contributed by atoms with Crippen LogP contribution in [0.25, 0.3) is 0 Å². The van der Waals surface area contributed by atoms with Gasteiger partial charge in [0.25, 0.3) is 0 Å². The lowest BCUT2D eigenvalue weighted by atomic mass is 10.1. The van der Waals surface area contributed by atoms with Gasteiger partial charge in [-0.15, -0.1) is 0 Å². The van der Waals surface area contributed by atoms with Crippen molar-refractivity contribution in [1.82, 2.24) is 0 Å². The second kappa shape index (κ2) is 6.23. The molecule has 0 saturated heterocycles. The predicted octanol–water partition coefficient (Wildman–Crippen LogP) is 3.77. The van der Waals surface area contributed by atoms with Crippen LogP contribution in [0.15, 0.2) is 22.7 Å². The minimum Gasteiger partial charge on any atom is -0.462 e. The first-order chi connectivity index (χ1) is 8.66. The van der Waals surface area contributed by atoms with Gasteiger partial charge >= 0.3 is 5.97 Å². The van der Waals surface area contributed by atoms with E-state index < -0.39 is 0 Å². The SMILES string of the molecule is Nc1ccc(Br)c(C(=O)OCCC2CCCC2)c1. The largest absolute Gasteiger partial charge is 0.462 e. The third kappa shape index (κ3) is 3.48. The maximum Gasteiger partial charge on any atom is 0.339 e. The van der Waals surface area contributed by atoms with Gasteiger partial charge in [0.1, 0.15) is 0 Å². The fourth-order valence-corrected chi connectivity index (χ4v) is 2.80. The summed E-state index contributed by atoms with van der Waals surface area (Å²) in [5, 5.41) is 0. The highest BCUT2D eigenvalue weighted by Crippen LogP contribution is 2.27. The fourth-order valence-electron chi connectivity index (χ4n) is 2.39. The maximum absolute atomic E-state index is 11.9. The molecule has 98 valence electrons. The summed E-state index contributed by atoms with van der Waals surface area (Å²) in [5.74, 6) is 0.439. The zero-order valence-corrected chi connectivity index (χ0v) is 11.9. The molecule has 1 aromatic rings. The summed E-state index contributed by atoms with van der Waals surface area (Å²) in [5.41, 5.74) is 6.74. The molecule has 1 fully saturated rings. The molecule has 3 nitrogen and oxygen atoms in total. The van der Waals surface area contributed by atoms with E-state index in [0.29, 0.717) is 17.9 Å². The number of esters is 1. The predicted molar refractivity (Wildman–Crippen MR) is 75.4 cm³/mol. The Morgan fingerprint density at radius 2 is 2.11 bits per heavy atom. The van der Waals surface area contributed by atoms with Crippen LogP contribution in [0.3, 0.4) is 0 Å². The first kappa shape index (κ1) is 13.4. The normalized spacial score (nSPS) is 15.8. The Morgan fingerprint density at radius 3 is 2.83 bits per heavy atom. The summed E-state index contributed by atoms with van der Waals surface area (Å²) in [6, 6.07) is 5.16. The van der Waals surface area contributed by atoms with E-state index >= 15 is 0 Å². The van der Waals surface area contributed by atoms with Gasteiger partial charge < -0.3 is 10.5 Å². The molecule has 0 atom stereocenters. The Hall–Kier alpha value is -1.03. The summed E-state index contributed by atoms with van der Waals surface area (Å²) in [7, 11) is 0. The first-order valence-electron chi connectivity index (χ1n) is 6.39. The van der Waals surface area contributed by atoms with E-state index in [2.05, 4.69) is 15.9 Å². The quantitative estimate of drug-likeness (QED) is 0.680. The molecule has 0 aliphatic heterocycles. The Kier molecular flexibility index (Phi) is 4.64. The summed E-state index contributed by atoms with van der Waals surface area (Å²) in [6.07, 6.45) is 6.17. The number of nitrogen functional groups attached to an aromatic ring is 1. The highest BCUT2D eigenvalue weighted by molar-refractivity contribution is 9.10. The molecule has 2 rings (SSSR count). The number of nitrogens with two attached hydrogens (primary N) is 1. The lowest BCUT2D eigenvalue weighted by Gasteiger charge is -2.10. The number of halogens is 1. The van der Waals surface area contributed by atoms with Crippen LogP contribution in [-0.2, 0) is 4.74 Å². The fraction of sp³-hybridized carbons (Fsp3) is 0.500. The maximum atomic E-state index is 11.9. The van der Waals surface area contributed by atoms with Crippen molar-refractivity contribution in [3.63, 3.8) is 0 Å². The molecule has 0 spiro atoms. The van der Waals surface area contributed by atoms with Crippen LogP contribution < -0.4 is 5.73 Å². The second-order valence-electron chi connectivity index (χ2n) is 4.81. The molecule has 18 heavy (non-hydrogen) atoms. The zero-order chi connectivity index (χ0) is 13.0. The van der Waals surface area contributed by atoms with Crippen LogP contribution >= 0.6 is 15.9 Å². The van der Waals surface area contributed by atoms with Crippen molar-refractivity contribution in [2.75, 3.05) is 12.3 Å². The molecule has 1 aliphatic rings. The molecule has 1 aliphatic carbocycles. The molecule has 0 bridgehead atoms. The number of carbonyl (C=O) groups excluding carboxylic acids is 1. The van der Waals surface area contributed by atoms with Crippen molar-refractivity contribution in [2.45, 2.75) is 32.1 Å². The van der Waals surface area contributed by atoms with E-state index in [1.807, 2.05) is 0 Å². The minimum absolute atomic E-state index is 0.299. The number of hydrogen-bond acceptors (Lipinski definition) is 3. The highest BCUT2D eigenvalue weighted by atomic mass is 79.9. The van der Waals surface area contributed by atoms with Crippen LogP contribution in [0.4, 0.5) is 5.69 Å². The molecule has 4 heteroatoms. The third-order valence-corrected chi connectivity index (χ3v) is 4.14. The average molecular weight is 312 g/mol. The molecule has 0 unspecified atom stereocenters. The van der Waals surface area contributed by atoms with Gasteiger partial charge in [-0.05, 0) is 46.5 Å². The van der Waals surface area contributed by atoms with Crippen molar-refractivity contribution >= 4 is 27.6 Å². The van der Waals surface area contributed by atoms with Gasteiger partial charge in [0, 0.05) is 10.2 Å². The number of carbonyl (C=O) groups is 1. The van der Waals surface area contributed by atoms with Crippen molar-refractivity contribution in [1.29, 1.82) is 0 Å². The number of hydrogen-bond donors (Lipinski definition) is 1. The van der Waals surface area contributed by atoms with Gasteiger partial charge in [-0.1, -0.05) is 25.7 Å². The smallest absolute Gasteiger partial charge is 0.339 e. The lowest BCUT2D eigenvalue weighted by molar-refractivity contribution is 0.0482. The molecule has 0 radical (unpaired) electrons. The first-order valence-corrected chi connectivity index (χ1v) is 7.18. The molecule has 1 saturated carbocycles. The molecule has 2 N–H and O–H groups in total. The monoisotopic (exact) mass is 311 g/mol. The van der Waals surface area contributed by atoms with Gasteiger partial charge in [0.15, 0.2) is 0 Å². The second-order valence-corrected chi connectivity index (χ2v) is 5.67. The minimum atomic E-state index is -0.299. The van der Waals surface area contributed by atoms with Crippen molar-refractivity contribution < 1.29 is 9.53 Å². The van der Waals surface area contributed by atoms with Crippen molar-refractivity contribution in [2.24, 2.45) is 5.92 Å². The Morgan fingerprint density at radius 1 is 1.39 bits per heavy atom. The molecule has 1 aromatic carbocycles. The van der Waals surface area contributed by atoms with Gasteiger partial charge in [-0.3, -0.25) is 0 Å². The number of benzene rings is 1. The standard InChI is InChI=1S/C14H18BrNO2/c15-13-6-5-11(16)9-12(13)14(17)18-8-7-10-3-1-2-4-10/h5-6,9-10H,1-4,7-8,16H2. The molecule has 0 heterocycles. The summed E-state index contributed by atoms with van der Waals surface area (Å²) >= 11 is 3.33. The van der Waals surface area contributed by atoms with E-state index in [9.17, 15) is 4.79 Å². The zero-order valence-electron chi connectivity index (χ0n) is 10.3. The number of rotatable bonds is 4. The highest BCUT2D eigenvalue weighted by Gasteiger charge is 2.16. The number of ether oxygens (including phenoxy) is 1. The summed E-state index contributed by atoms with van der Waals surface area (Å²) in [4.78, 5) is 11.9. The van der Waals surface area contributed by atoms with Crippen LogP contribution in [-0.4, -0.2) is 12.6 Å². The van der Waals surface area contributed by atoms with Gasteiger partial charge in [0.2, 0.25) is 0 Å². The van der Waals surface area contributed by atoms with E-state index in [1.54, 1.807) is 18.2 Å². The topological polar surface area (TPSA) is 52.3 Å². The van der Waals surface area contributed by atoms with Crippen molar-refractivity contribution in [3.05, 3.63) is 28.2 Å². The van der Waals surface area contributed by atoms with E-state index in [-0.39, 0.29) is 5.97 Å². The lowest BCUT2D eigenvalue weighted by Crippen LogP contribution is -2.10. The van der Waals surface area contributed by atoms with Crippen LogP contribution in [0, 0.1) is 5.92 Å². The summed E-state index contributed by atoms with van der Waals surface area (Å²) in [6.45, 7) is 0.505. The van der Waals surface area contributed by atoms with Gasteiger partial charge in [-0.25, -0.2) is 4.79 Å². The average Bonchev–Trinajstić information content (AvgIpc) is 2.85. The van der Waals surface area contributed by atoms with Crippen LogP contribution in [0.1, 0.15) is 42.5 Å². The van der Waals surface area contributed by atoms with Gasteiger partial charge in [-0.2, -0.15) is 0 Å². The Balaban J connectivity index is 1.85. The van der Waals surface area contributed by atoms with Crippen LogP contribution in [0.2, 0.25) is 0 Å². The number of anilines is 1. The van der Waals surface area contributed by atoms with Gasteiger partial charge in [0.05, 0.1) is 12.2 Å². The Bertz CT molecular complexity index is 428. The van der Waals surface area contributed by atoms with E-state index in [1.165, 1.54) is 25.7 Å². The molecular formula is C14H18BrNO2. The molecule has 0 aromatic heterocycles. The van der Waals surface area contributed by atoms with E-state index in [4.69, 9.17) is 10.5 Å². The molecule has 0 amide bonds. The van der Waals surface area contributed by atoms with Crippen molar-refractivity contribution in [3.8, 4) is 0 Å². The summed E-state index contributed by atoms with van der Waals surface area (Å²) < 4.78 is 6.03.